The van der Waals surface area contributed by atoms with Crippen LogP contribution in [-0.2, 0) is 16.1 Å². The lowest BCUT2D eigenvalue weighted by molar-refractivity contribution is -0.123. The Hall–Kier alpha value is -2.70. The standard InChI is InChI=1S/C19H22N4O2/c1-13(24)21-16-9-7-14(8-10-16)12-20-19(25)18-11-17(22-23-18)15-5-3-2-4-6-15/h2-10,17-18,22-23H,11-12H2,1H3,(H,20,25)(H,21,24). The third-order valence-corrected chi connectivity index (χ3v) is 4.16. The Kier molecular flexibility index (Phi) is 5.42. The van der Waals surface area contributed by atoms with Crippen LogP contribution in [-0.4, -0.2) is 17.9 Å². The van der Waals surface area contributed by atoms with Gasteiger partial charge < -0.3 is 10.6 Å². The SMILES string of the molecule is CC(=O)Nc1ccc(CNC(=O)C2CC(c3ccccc3)NN2)cc1. The van der Waals surface area contributed by atoms with Crippen molar-refractivity contribution in [1.29, 1.82) is 0 Å². The van der Waals surface area contributed by atoms with Gasteiger partial charge in [-0.3, -0.25) is 9.59 Å². The third-order valence-electron chi connectivity index (χ3n) is 4.16. The maximum absolute atomic E-state index is 12.3. The van der Waals surface area contributed by atoms with Crippen LogP contribution in [0.3, 0.4) is 0 Å². The average Bonchev–Trinajstić information content (AvgIpc) is 3.11. The van der Waals surface area contributed by atoms with E-state index < -0.39 is 0 Å². The van der Waals surface area contributed by atoms with Crippen LogP contribution in [0.25, 0.3) is 0 Å². The molecule has 1 heterocycles. The van der Waals surface area contributed by atoms with Crippen molar-refractivity contribution in [2.24, 2.45) is 0 Å². The van der Waals surface area contributed by atoms with Crippen molar-refractivity contribution in [2.75, 3.05) is 5.32 Å². The molecule has 0 spiro atoms. The molecule has 1 aliphatic heterocycles. The summed E-state index contributed by atoms with van der Waals surface area (Å²) in [6.45, 7) is 1.92. The quantitative estimate of drug-likeness (QED) is 0.671. The van der Waals surface area contributed by atoms with Crippen molar-refractivity contribution in [3.8, 4) is 0 Å². The van der Waals surface area contributed by atoms with E-state index in [2.05, 4.69) is 33.6 Å². The van der Waals surface area contributed by atoms with Crippen LogP contribution in [0.15, 0.2) is 54.6 Å². The van der Waals surface area contributed by atoms with Gasteiger partial charge in [-0.2, -0.15) is 0 Å². The van der Waals surface area contributed by atoms with E-state index in [0.717, 1.165) is 11.3 Å². The summed E-state index contributed by atoms with van der Waals surface area (Å²) >= 11 is 0. The fourth-order valence-corrected chi connectivity index (χ4v) is 2.85. The largest absolute Gasteiger partial charge is 0.351 e. The monoisotopic (exact) mass is 338 g/mol. The highest BCUT2D eigenvalue weighted by Crippen LogP contribution is 2.21. The Balaban J connectivity index is 1.49. The highest BCUT2D eigenvalue weighted by Gasteiger charge is 2.29. The lowest BCUT2D eigenvalue weighted by atomic mass is 10.0. The summed E-state index contributed by atoms with van der Waals surface area (Å²) < 4.78 is 0. The van der Waals surface area contributed by atoms with Gasteiger partial charge in [0.2, 0.25) is 11.8 Å². The van der Waals surface area contributed by atoms with E-state index >= 15 is 0 Å². The average molecular weight is 338 g/mol. The summed E-state index contributed by atoms with van der Waals surface area (Å²) in [6.07, 6.45) is 0.706. The second kappa shape index (κ2) is 7.92. The van der Waals surface area contributed by atoms with Crippen molar-refractivity contribution in [3.05, 3.63) is 65.7 Å². The molecule has 0 saturated carbocycles. The number of rotatable bonds is 5. The topological polar surface area (TPSA) is 82.3 Å². The molecule has 6 nitrogen and oxygen atoms in total. The van der Waals surface area contributed by atoms with Gasteiger partial charge >= 0.3 is 0 Å². The predicted octanol–water partition coefficient (Wildman–Crippen LogP) is 1.87. The van der Waals surface area contributed by atoms with Crippen molar-refractivity contribution in [3.63, 3.8) is 0 Å². The Morgan fingerprint density at radius 3 is 2.44 bits per heavy atom. The summed E-state index contributed by atoms with van der Waals surface area (Å²) in [5.74, 6) is -0.134. The Morgan fingerprint density at radius 2 is 1.76 bits per heavy atom. The minimum atomic E-state index is -0.260. The summed E-state index contributed by atoms with van der Waals surface area (Å²) in [5.41, 5.74) is 9.13. The van der Waals surface area contributed by atoms with Crippen LogP contribution in [0, 0.1) is 0 Å². The van der Waals surface area contributed by atoms with Crippen LogP contribution in [0.4, 0.5) is 5.69 Å². The Bertz CT molecular complexity index is 731. The zero-order chi connectivity index (χ0) is 17.6. The molecule has 2 atom stereocenters. The molecule has 1 saturated heterocycles. The third kappa shape index (κ3) is 4.65. The molecule has 0 aliphatic carbocycles. The number of amides is 2. The van der Waals surface area contributed by atoms with Crippen LogP contribution < -0.4 is 21.5 Å². The molecule has 1 aliphatic rings. The summed E-state index contributed by atoms with van der Waals surface area (Å²) in [6, 6.07) is 17.4. The molecule has 130 valence electrons. The number of benzene rings is 2. The number of carbonyl (C=O) groups is 2. The maximum Gasteiger partial charge on any atom is 0.238 e. The van der Waals surface area contributed by atoms with Crippen LogP contribution >= 0.6 is 0 Å². The molecular weight excluding hydrogens is 316 g/mol. The molecule has 0 bridgehead atoms. The van der Waals surface area contributed by atoms with E-state index in [1.807, 2.05) is 42.5 Å². The highest BCUT2D eigenvalue weighted by molar-refractivity contribution is 5.88. The van der Waals surface area contributed by atoms with Gasteiger partial charge in [0, 0.05) is 25.2 Å². The molecule has 1 fully saturated rings. The van der Waals surface area contributed by atoms with Crippen molar-refractivity contribution >= 4 is 17.5 Å². The molecule has 2 aromatic rings. The molecule has 0 aromatic heterocycles. The number of hydrogen-bond donors (Lipinski definition) is 4. The fraction of sp³-hybridized carbons (Fsp3) is 0.263. The van der Waals surface area contributed by atoms with Gasteiger partial charge in [0.05, 0.1) is 0 Å². The van der Waals surface area contributed by atoms with Gasteiger partial charge in [0.15, 0.2) is 0 Å². The Labute approximate surface area is 147 Å². The van der Waals surface area contributed by atoms with Crippen molar-refractivity contribution in [1.82, 2.24) is 16.2 Å². The van der Waals surface area contributed by atoms with E-state index in [-0.39, 0.29) is 23.9 Å². The highest BCUT2D eigenvalue weighted by atomic mass is 16.2. The Morgan fingerprint density at radius 1 is 1.04 bits per heavy atom. The molecule has 2 aromatic carbocycles. The van der Waals surface area contributed by atoms with Crippen molar-refractivity contribution in [2.45, 2.75) is 32.0 Å². The van der Waals surface area contributed by atoms with E-state index in [1.54, 1.807) is 0 Å². The zero-order valence-corrected chi connectivity index (χ0v) is 14.1. The molecule has 25 heavy (non-hydrogen) atoms. The minimum Gasteiger partial charge on any atom is -0.351 e. The number of hydrogen-bond acceptors (Lipinski definition) is 4. The lowest BCUT2D eigenvalue weighted by Gasteiger charge is -2.11. The van der Waals surface area contributed by atoms with Gasteiger partial charge in [-0.1, -0.05) is 42.5 Å². The van der Waals surface area contributed by atoms with Crippen molar-refractivity contribution < 1.29 is 9.59 Å². The van der Waals surface area contributed by atoms with E-state index in [0.29, 0.717) is 13.0 Å². The van der Waals surface area contributed by atoms with Crippen LogP contribution in [0.5, 0.6) is 0 Å². The first-order valence-electron chi connectivity index (χ1n) is 8.32. The second-order valence-corrected chi connectivity index (χ2v) is 6.14. The molecule has 0 radical (unpaired) electrons. The van der Waals surface area contributed by atoms with E-state index in [4.69, 9.17) is 0 Å². The number of carbonyl (C=O) groups excluding carboxylic acids is 2. The number of anilines is 1. The first kappa shape index (κ1) is 17.1. The first-order chi connectivity index (χ1) is 12.1. The molecule has 2 unspecified atom stereocenters. The molecule has 6 heteroatoms. The van der Waals surface area contributed by atoms with Gasteiger partial charge in [0.1, 0.15) is 6.04 Å². The summed E-state index contributed by atoms with van der Waals surface area (Å²) in [4.78, 5) is 23.3. The van der Waals surface area contributed by atoms with E-state index in [9.17, 15) is 9.59 Å². The number of nitrogens with one attached hydrogen (secondary N) is 4. The molecule has 4 N–H and O–H groups in total. The van der Waals surface area contributed by atoms with Gasteiger partial charge in [-0.05, 0) is 29.7 Å². The number of hydrazine groups is 1. The zero-order valence-electron chi connectivity index (χ0n) is 14.1. The second-order valence-electron chi connectivity index (χ2n) is 6.14. The normalized spacial score (nSPS) is 19.4. The summed E-state index contributed by atoms with van der Waals surface area (Å²) in [7, 11) is 0. The maximum atomic E-state index is 12.3. The van der Waals surface area contributed by atoms with Gasteiger partial charge in [-0.25, -0.2) is 10.9 Å². The lowest BCUT2D eigenvalue weighted by Crippen LogP contribution is -2.42. The minimum absolute atomic E-state index is 0.0307. The predicted molar refractivity (Wildman–Crippen MR) is 96.5 cm³/mol. The van der Waals surface area contributed by atoms with E-state index in [1.165, 1.54) is 12.5 Å². The van der Waals surface area contributed by atoms with Crippen LogP contribution in [0.1, 0.15) is 30.5 Å². The molecule has 2 amide bonds. The van der Waals surface area contributed by atoms with Gasteiger partial charge in [-0.15, -0.1) is 0 Å². The smallest absolute Gasteiger partial charge is 0.238 e. The molecular formula is C19H22N4O2. The molecule has 3 rings (SSSR count). The fourth-order valence-electron chi connectivity index (χ4n) is 2.85. The van der Waals surface area contributed by atoms with Crippen LogP contribution in [0.2, 0.25) is 0 Å². The van der Waals surface area contributed by atoms with Gasteiger partial charge in [0.25, 0.3) is 0 Å². The first-order valence-corrected chi connectivity index (χ1v) is 8.32. The summed E-state index contributed by atoms with van der Waals surface area (Å²) in [5, 5.41) is 5.66.